The molecule has 1 heterocycles. The van der Waals surface area contributed by atoms with E-state index in [-0.39, 0.29) is 5.91 Å². The molecule has 2 rings (SSSR count). The van der Waals surface area contributed by atoms with E-state index in [0.717, 1.165) is 23.4 Å². The summed E-state index contributed by atoms with van der Waals surface area (Å²) >= 11 is 0. The van der Waals surface area contributed by atoms with Crippen molar-refractivity contribution in [3.8, 4) is 0 Å². The van der Waals surface area contributed by atoms with E-state index in [1.807, 2.05) is 45.2 Å². The normalized spacial score (nSPS) is 10.7. The van der Waals surface area contributed by atoms with Gasteiger partial charge in [-0.25, -0.2) is 0 Å². The summed E-state index contributed by atoms with van der Waals surface area (Å²) in [6.45, 7) is 5.07. The van der Waals surface area contributed by atoms with Crippen LogP contribution in [-0.4, -0.2) is 28.8 Å². The van der Waals surface area contributed by atoms with Crippen LogP contribution < -0.4 is 10.6 Å². The molecule has 0 aliphatic rings. The first-order valence-corrected chi connectivity index (χ1v) is 7.12. The lowest BCUT2D eigenvalue weighted by atomic mass is 10.1. The van der Waals surface area contributed by atoms with Crippen LogP contribution in [0.3, 0.4) is 0 Å². The average Bonchev–Trinajstić information content (AvgIpc) is 2.81. The van der Waals surface area contributed by atoms with Gasteiger partial charge in [0.05, 0.1) is 11.8 Å². The van der Waals surface area contributed by atoms with Crippen LogP contribution >= 0.6 is 0 Å². The first-order chi connectivity index (χ1) is 10.1. The quantitative estimate of drug-likeness (QED) is 0.914. The number of carbonyl (C=O) groups is 1. The molecule has 0 unspecified atom stereocenters. The molecule has 5 heteroatoms. The summed E-state index contributed by atoms with van der Waals surface area (Å²) in [4.78, 5) is 14.7. The summed E-state index contributed by atoms with van der Waals surface area (Å²) in [6.07, 6.45) is 2.39. The zero-order valence-electron chi connectivity index (χ0n) is 12.8. The number of hydrogen-bond acceptors (Lipinski definition) is 3. The van der Waals surface area contributed by atoms with E-state index >= 15 is 0 Å². The highest BCUT2D eigenvalue weighted by molar-refractivity contribution is 6.07. The molecule has 0 fully saturated rings. The highest BCUT2D eigenvalue weighted by atomic mass is 16.2. The van der Waals surface area contributed by atoms with Gasteiger partial charge in [0.25, 0.3) is 5.91 Å². The van der Waals surface area contributed by atoms with E-state index in [9.17, 15) is 4.79 Å². The zero-order chi connectivity index (χ0) is 15.4. The molecule has 0 radical (unpaired) electrons. The minimum Gasteiger partial charge on any atom is -0.330 e. The molecular weight excluding hydrogens is 264 g/mol. The summed E-state index contributed by atoms with van der Waals surface area (Å²) in [5.74, 6) is -0.0247. The maximum absolute atomic E-state index is 12.9. The van der Waals surface area contributed by atoms with Gasteiger partial charge in [-0.2, -0.15) is 5.10 Å². The second-order valence-corrected chi connectivity index (χ2v) is 5.15. The Labute approximate surface area is 125 Å². The number of nitrogens with zero attached hydrogens (tertiary/aromatic N) is 3. The molecule has 0 saturated carbocycles. The van der Waals surface area contributed by atoms with Gasteiger partial charge < -0.3 is 10.6 Å². The molecule has 1 amide bonds. The van der Waals surface area contributed by atoms with Crippen molar-refractivity contribution >= 4 is 11.6 Å². The van der Waals surface area contributed by atoms with Crippen molar-refractivity contribution in [1.29, 1.82) is 0 Å². The first-order valence-electron chi connectivity index (χ1n) is 7.12. The number of amides is 1. The molecule has 2 aromatic rings. The third-order valence-corrected chi connectivity index (χ3v) is 3.70. The van der Waals surface area contributed by atoms with E-state index in [1.54, 1.807) is 15.8 Å². The second kappa shape index (κ2) is 6.54. The first kappa shape index (κ1) is 15.3. The Morgan fingerprint density at radius 1 is 1.33 bits per heavy atom. The predicted octanol–water partition coefficient (Wildman–Crippen LogP) is 2.03. The van der Waals surface area contributed by atoms with Gasteiger partial charge in [0.1, 0.15) is 0 Å². The van der Waals surface area contributed by atoms with E-state index in [2.05, 4.69) is 5.10 Å². The zero-order valence-corrected chi connectivity index (χ0v) is 12.8. The fourth-order valence-electron chi connectivity index (χ4n) is 2.30. The molecule has 0 aliphatic heterocycles. The Balaban J connectivity index is 2.38. The third kappa shape index (κ3) is 3.13. The number of anilines is 1. The van der Waals surface area contributed by atoms with Crippen molar-refractivity contribution in [2.75, 3.05) is 18.0 Å². The summed E-state index contributed by atoms with van der Waals surface area (Å²) < 4.78 is 1.71. The van der Waals surface area contributed by atoms with E-state index in [1.165, 1.54) is 0 Å². The van der Waals surface area contributed by atoms with Crippen LogP contribution in [0.4, 0.5) is 5.69 Å². The van der Waals surface area contributed by atoms with Crippen molar-refractivity contribution in [3.05, 3.63) is 47.3 Å². The number of aromatic nitrogens is 2. The molecule has 0 atom stereocenters. The lowest BCUT2D eigenvalue weighted by molar-refractivity contribution is 0.0986. The Morgan fingerprint density at radius 3 is 2.62 bits per heavy atom. The molecule has 0 saturated heterocycles. The molecular formula is C16H22N4O. The van der Waals surface area contributed by atoms with Gasteiger partial charge in [0.2, 0.25) is 0 Å². The van der Waals surface area contributed by atoms with Crippen molar-refractivity contribution in [1.82, 2.24) is 9.78 Å². The molecule has 1 aromatic heterocycles. The van der Waals surface area contributed by atoms with Crippen molar-refractivity contribution in [3.63, 3.8) is 0 Å². The molecule has 5 nitrogen and oxygen atoms in total. The minimum atomic E-state index is -0.0247. The molecule has 1 aromatic carbocycles. The number of aryl methyl sites for hydroxylation is 2. The third-order valence-electron chi connectivity index (χ3n) is 3.70. The average molecular weight is 286 g/mol. The number of benzene rings is 1. The van der Waals surface area contributed by atoms with Gasteiger partial charge in [0, 0.05) is 25.0 Å². The lowest BCUT2D eigenvalue weighted by Gasteiger charge is -2.24. The summed E-state index contributed by atoms with van der Waals surface area (Å²) in [5, 5.41) is 4.16. The maximum atomic E-state index is 12.9. The topological polar surface area (TPSA) is 64.2 Å². The fourth-order valence-corrected chi connectivity index (χ4v) is 2.30. The van der Waals surface area contributed by atoms with Crippen LogP contribution in [0.1, 0.15) is 28.0 Å². The maximum Gasteiger partial charge on any atom is 0.261 e. The smallest absolute Gasteiger partial charge is 0.261 e. The predicted molar refractivity (Wildman–Crippen MR) is 84.5 cm³/mol. The lowest BCUT2D eigenvalue weighted by Crippen LogP contribution is -2.33. The molecule has 21 heavy (non-hydrogen) atoms. The van der Waals surface area contributed by atoms with E-state index < -0.39 is 0 Å². The number of carbonyl (C=O) groups excluding carboxylic acids is 1. The van der Waals surface area contributed by atoms with Gasteiger partial charge in [-0.15, -0.1) is 0 Å². The highest BCUT2D eigenvalue weighted by Gasteiger charge is 2.22. The highest BCUT2D eigenvalue weighted by Crippen LogP contribution is 2.22. The van der Waals surface area contributed by atoms with E-state index in [4.69, 9.17) is 5.73 Å². The van der Waals surface area contributed by atoms with Gasteiger partial charge in [-0.1, -0.05) is 18.2 Å². The van der Waals surface area contributed by atoms with E-state index in [0.29, 0.717) is 18.7 Å². The number of para-hydroxylation sites is 1. The molecule has 0 spiro atoms. The van der Waals surface area contributed by atoms with Crippen LogP contribution in [0.2, 0.25) is 0 Å². The van der Waals surface area contributed by atoms with Gasteiger partial charge in [0.15, 0.2) is 0 Å². The number of rotatable bonds is 5. The fraction of sp³-hybridized carbons (Fsp3) is 0.375. The van der Waals surface area contributed by atoms with Gasteiger partial charge >= 0.3 is 0 Å². The summed E-state index contributed by atoms with van der Waals surface area (Å²) in [6, 6.07) is 7.89. The van der Waals surface area contributed by atoms with Crippen LogP contribution in [-0.2, 0) is 7.05 Å². The Hall–Kier alpha value is -2.14. The molecule has 0 aliphatic carbocycles. The summed E-state index contributed by atoms with van der Waals surface area (Å²) in [5.41, 5.74) is 9.12. The SMILES string of the molecule is Cc1ccccc1N(CCCN)C(=O)c1cnn(C)c1C. The van der Waals surface area contributed by atoms with Crippen molar-refractivity contribution < 1.29 is 4.79 Å². The Kier molecular flexibility index (Phi) is 4.75. The molecule has 0 bridgehead atoms. The second-order valence-electron chi connectivity index (χ2n) is 5.15. The Bertz CT molecular complexity index is 633. The number of hydrogen-bond donors (Lipinski definition) is 1. The van der Waals surface area contributed by atoms with Crippen LogP contribution in [0, 0.1) is 13.8 Å². The minimum absolute atomic E-state index is 0.0247. The van der Waals surface area contributed by atoms with Crippen LogP contribution in [0.15, 0.2) is 30.5 Å². The molecule has 2 N–H and O–H groups in total. The Morgan fingerprint density at radius 2 is 2.05 bits per heavy atom. The monoisotopic (exact) mass is 286 g/mol. The number of nitrogens with two attached hydrogens (primary N) is 1. The van der Waals surface area contributed by atoms with Crippen molar-refractivity contribution in [2.24, 2.45) is 12.8 Å². The molecule has 112 valence electrons. The standard InChI is InChI=1S/C16H22N4O/c1-12-7-4-5-8-15(12)20(10-6-9-17)16(21)14-11-18-19(3)13(14)2/h4-5,7-8,11H,6,9-10,17H2,1-3H3. The van der Waals surface area contributed by atoms with Crippen LogP contribution in [0.25, 0.3) is 0 Å². The summed E-state index contributed by atoms with van der Waals surface area (Å²) in [7, 11) is 1.84. The van der Waals surface area contributed by atoms with Crippen LogP contribution in [0.5, 0.6) is 0 Å². The largest absolute Gasteiger partial charge is 0.330 e. The van der Waals surface area contributed by atoms with Gasteiger partial charge in [-0.3, -0.25) is 9.48 Å². The van der Waals surface area contributed by atoms with Gasteiger partial charge in [-0.05, 0) is 38.4 Å². The van der Waals surface area contributed by atoms with Crippen molar-refractivity contribution in [2.45, 2.75) is 20.3 Å².